The van der Waals surface area contributed by atoms with Gasteiger partial charge in [-0.25, -0.2) is 0 Å². The summed E-state index contributed by atoms with van der Waals surface area (Å²) in [4.78, 5) is 4.57. The van der Waals surface area contributed by atoms with Crippen molar-refractivity contribution in [1.82, 2.24) is 9.80 Å². The molecule has 1 N–H and O–H groups in total. The fraction of sp³-hybridized carbons (Fsp3) is 0.571. The molecule has 3 heteroatoms. The zero-order chi connectivity index (χ0) is 12.8. The number of nitrogens with zero attached hydrogens (tertiary/aromatic N) is 2. The number of aromatic hydroxyl groups is 1. The van der Waals surface area contributed by atoms with Crippen molar-refractivity contribution >= 4 is 0 Å². The van der Waals surface area contributed by atoms with E-state index in [4.69, 9.17) is 0 Å². The number of hydrogen-bond acceptors (Lipinski definition) is 3. The molecular formula is C14H24N2O. The van der Waals surface area contributed by atoms with E-state index < -0.39 is 0 Å². The van der Waals surface area contributed by atoms with E-state index in [1.165, 1.54) is 5.56 Å². The Morgan fingerprint density at radius 2 is 1.65 bits per heavy atom. The second-order valence-corrected chi connectivity index (χ2v) is 5.00. The van der Waals surface area contributed by atoms with Gasteiger partial charge in [0.05, 0.1) is 0 Å². The SMILES string of the molecule is CC(Cc1ccc(O)cc1)N(C)CCN(C)C. The molecular weight excluding hydrogens is 212 g/mol. The number of phenolic OH excluding ortho intramolecular Hbond substituents is 1. The number of benzene rings is 1. The molecule has 1 aromatic carbocycles. The number of likely N-dealkylation sites (N-methyl/N-ethyl adjacent to an activating group) is 2. The van der Waals surface area contributed by atoms with E-state index >= 15 is 0 Å². The maximum atomic E-state index is 9.23. The Bertz CT molecular complexity index is 321. The average Bonchev–Trinajstić information content (AvgIpc) is 2.28. The lowest BCUT2D eigenvalue weighted by atomic mass is 10.1. The number of phenols is 1. The molecule has 0 aliphatic heterocycles. The second kappa shape index (κ2) is 6.62. The smallest absolute Gasteiger partial charge is 0.115 e. The molecule has 0 amide bonds. The van der Waals surface area contributed by atoms with Crippen LogP contribution in [0.5, 0.6) is 5.75 Å². The Labute approximate surface area is 105 Å². The van der Waals surface area contributed by atoms with Crippen molar-refractivity contribution < 1.29 is 5.11 Å². The van der Waals surface area contributed by atoms with Crippen molar-refractivity contribution in [1.29, 1.82) is 0 Å². The minimum absolute atomic E-state index is 0.336. The summed E-state index contributed by atoms with van der Waals surface area (Å²) >= 11 is 0. The Hall–Kier alpha value is -1.06. The van der Waals surface area contributed by atoms with E-state index in [9.17, 15) is 5.11 Å². The second-order valence-electron chi connectivity index (χ2n) is 5.00. The Balaban J connectivity index is 2.42. The normalized spacial score (nSPS) is 13.3. The summed E-state index contributed by atoms with van der Waals surface area (Å²) in [7, 11) is 6.35. The van der Waals surface area contributed by atoms with Gasteiger partial charge in [0, 0.05) is 19.1 Å². The minimum atomic E-state index is 0.336. The number of rotatable bonds is 6. The van der Waals surface area contributed by atoms with Crippen LogP contribution in [0, 0.1) is 0 Å². The van der Waals surface area contributed by atoms with Crippen LogP contribution in [0.4, 0.5) is 0 Å². The number of hydrogen-bond donors (Lipinski definition) is 1. The first-order valence-electron chi connectivity index (χ1n) is 6.12. The first-order valence-corrected chi connectivity index (χ1v) is 6.12. The highest BCUT2D eigenvalue weighted by molar-refractivity contribution is 5.26. The van der Waals surface area contributed by atoms with Crippen molar-refractivity contribution in [2.24, 2.45) is 0 Å². The van der Waals surface area contributed by atoms with Crippen LogP contribution < -0.4 is 0 Å². The van der Waals surface area contributed by atoms with Crippen LogP contribution >= 0.6 is 0 Å². The molecule has 17 heavy (non-hydrogen) atoms. The van der Waals surface area contributed by atoms with Crippen molar-refractivity contribution in [3.63, 3.8) is 0 Å². The highest BCUT2D eigenvalue weighted by Gasteiger charge is 2.09. The summed E-state index contributed by atoms with van der Waals surface area (Å²) in [5.41, 5.74) is 1.27. The molecule has 0 heterocycles. The molecule has 3 nitrogen and oxygen atoms in total. The summed E-state index contributed by atoms with van der Waals surface area (Å²) in [6.07, 6.45) is 1.02. The zero-order valence-electron chi connectivity index (χ0n) is 11.3. The summed E-state index contributed by atoms with van der Waals surface area (Å²) < 4.78 is 0. The molecule has 0 aliphatic rings. The van der Waals surface area contributed by atoms with E-state index in [1.54, 1.807) is 12.1 Å². The molecule has 0 spiro atoms. The lowest BCUT2D eigenvalue weighted by Gasteiger charge is -2.26. The minimum Gasteiger partial charge on any atom is -0.508 e. The molecule has 0 saturated heterocycles. The van der Waals surface area contributed by atoms with Gasteiger partial charge in [0.2, 0.25) is 0 Å². The monoisotopic (exact) mass is 236 g/mol. The molecule has 0 bridgehead atoms. The molecule has 1 rings (SSSR count). The maximum absolute atomic E-state index is 9.23. The molecule has 0 aliphatic carbocycles. The van der Waals surface area contributed by atoms with E-state index in [0.29, 0.717) is 11.8 Å². The zero-order valence-corrected chi connectivity index (χ0v) is 11.3. The molecule has 1 unspecified atom stereocenters. The van der Waals surface area contributed by atoms with E-state index in [0.717, 1.165) is 19.5 Å². The third-order valence-electron chi connectivity index (χ3n) is 3.12. The van der Waals surface area contributed by atoms with Gasteiger partial charge in [0.1, 0.15) is 5.75 Å². The van der Waals surface area contributed by atoms with Gasteiger partial charge in [-0.2, -0.15) is 0 Å². The summed E-state index contributed by atoms with van der Waals surface area (Å²) in [6.45, 7) is 4.39. The van der Waals surface area contributed by atoms with Gasteiger partial charge in [0.25, 0.3) is 0 Å². The average molecular weight is 236 g/mol. The van der Waals surface area contributed by atoms with Crippen LogP contribution in [0.2, 0.25) is 0 Å². The van der Waals surface area contributed by atoms with Crippen LogP contribution in [0.15, 0.2) is 24.3 Å². The highest BCUT2D eigenvalue weighted by atomic mass is 16.3. The maximum Gasteiger partial charge on any atom is 0.115 e. The molecule has 0 radical (unpaired) electrons. The largest absolute Gasteiger partial charge is 0.508 e. The van der Waals surface area contributed by atoms with Gasteiger partial charge in [-0.1, -0.05) is 12.1 Å². The van der Waals surface area contributed by atoms with Gasteiger partial charge >= 0.3 is 0 Å². The van der Waals surface area contributed by atoms with Crippen molar-refractivity contribution in [3.8, 4) is 5.75 Å². The van der Waals surface area contributed by atoms with Gasteiger partial charge in [0.15, 0.2) is 0 Å². The topological polar surface area (TPSA) is 26.7 Å². The highest BCUT2D eigenvalue weighted by Crippen LogP contribution is 2.12. The van der Waals surface area contributed by atoms with Gasteiger partial charge < -0.3 is 14.9 Å². The lowest BCUT2D eigenvalue weighted by Crippen LogP contribution is -2.36. The van der Waals surface area contributed by atoms with Crippen molar-refractivity contribution in [3.05, 3.63) is 29.8 Å². The Morgan fingerprint density at radius 3 is 2.18 bits per heavy atom. The summed E-state index contributed by atoms with van der Waals surface area (Å²) in [6, 6.07) is 8.00. The van der Waals surface area contributed by atoms with E-state index in [-0.39, 0.29) is 0 Å². The first kappa shape index (κ1) is 14.0. The van der Waals surface area contributed by atoms with Crippen LogP contribution in [-0.4, -0.2) is 55.2 Å². The van der Waals surface area contributed by atoms with Gasteiger partial charge in [-0.05, 0) is 52.2 Å². The Morgan fingerprint density at radius 1 is 1.06 bits per heavy atom. The van der Waals surface area contributed by atoms with E-state index in [2.05, 4.69) is 37.9 Å². The van der Waals surface area contributed by atoms with Gasteiger partial charge in [-0.3, -0.25) is 0 Å². The van der Waals surface area contributed by atoms with E-state index in [1.807, 2.05) is 12.1 Å². The van der Waals surface area contributed by atoms with Crippen LogP contribution in [0.3, 0.4) is 0 Å². The molecule has 0 fully saturated rings. The quantitative estimate of drug-likeness (QED) is 0.816. The lowest BCUT2D eigenvalue weighted by molar-refractivity contribution is 0.228. The first-order chi connectivity index (χ1) is 7.99. The fourth-order valence-electron chi connectivity index (χ4n) is 1.71. The van der Waals surface area contributed by atoms with Crippen molar-refractivity contribution in [2.45, 2.75) is 19.4 Å². The van der Waals surface area contributed by atoms with Crippen LogP contribution in [-0.2, 0) is 6.42 Å². The van der Waals surface area contributed by atoms with Crippen LogP contribution in [0.25, 0.3) is 0 Å². The molecule has 96 valence electrons. The standard InChI is InChI=1S/C14H24N2O/c1-12(16(4)10-9-15(2)3)11-13-5-7-14(17)8-6-13/h5-8,12,17H,9-11H2,1-4H3. The van der Waals surface area contributed by atoms with Gasteiger partial charge in [-0.15, -0.1) is 0 Å². The fourth-order valence-corrected chi connectivity index (χ4v) is 1.71. The molecule has 0 saturated carbocycles. The summed E-state index contributed by atoms with van der Waals surface area (Å²) in [5.74, 6) is 0.336. The third-order valence-corrected chi connectivity index (χ3v) is 3.12. The summed E-state index contributed by atoms with van der Waals surface area (Å²) in [5, 5.41) is 9.23. The molecule has 1 atom stereocenters. The Kier molecular flexibility index (Phi) is 5.45. The molecule has 0 aromatic heterocycles. The predicted molar refractivity (Wildman–Crippen MR) is 72.5 cm³/mol. The van der Waals surface area contributed by atoms with Crippen molar-refractivity contribution in [2.75, 3.05) is 34.2 Å². The predicted octanol–water partition coefficient (Wildman–Crippen LogP) is 1.82. The van der Waals surface area contributed by atoms with Crippen LogP contribution in [0.1, 0.15) is 12.5 Å². The molecule has 1 aromatic rings. The third kappa shape index (κ3) is 5.20.